The lowest BCUT2D eigenvalue weighted by Gasteiger charge is -2.23. The summed E-state index contributed by atoms with van der Waals surface area (Å²) in [6.45, 7) is 0.137. The number of aliphatic hydroxyl groups excluding tert-OH is 1. The molecule has 0 bridgehead atoms. The van der Waals surface area contributed by atoms with Gasteiger partial charge in [-0.25, -0.2) is 0 Å². The van der Waals surface area contributed by atoms with Crippen molar-refractivity contribution in [1.29, 1.82) is 0 Å². The van der Waals surface area contributed by atoms with Crippen molar-refractivity contribution in [1.82, 2.24) is 4.90 Å². The smallest absolute Gasteiger partial charge is 0.249 e. The maximum atomic E-state index is 12.4. The number of nitrogens with zero attached hydrogens (tertiary/aromatic N) is 1. The van der Waals surface area contributed by atoms with Crippen molar-refractivity contribution < 1.29 is 9.90 Å². The van der Waals surface area contributed by atoms with Crippen molar-refractivity contribution in [3.8, 4) is 0 Å². The second kappa shape index (κ2) is 7.61. The van der Waals surface area contributed by atoms with Crippen LogP contribution in [0, 0.1) is 0 Å². The summed E-state index contributed by atoms with van der Waals surface area (Å²) < 4.78 is 0. The molecule has 2 aromatic carbocycles. The minimum absolute atomic E-state index is 0.00522. The predicted octanol–water partition coefficient (Wildman–Crippen LogP) is 2.46. The fourth-order valence-electron chi connectivity index (χ4n) is 2.25. The van der Waals surface area contributed by atoms with E-state index >= 15 is 0 Å². The highest BCUT2D eigenvalue weighted by molar-refractivity contribution is 5.85. The Kier molecular flexibility index (Phi) is 5.55. The average Bonchev–Trinajstić information content (AvgIpc) is 2.54. The van der Waals surface area contributed by atoms with Gasteiger partial charge in [0.1, 0.15) is 6.04 Å². The van der Waals surface area contributed by atoms with E-state index in [0.717, 1.165) is 16.8 Å². The summed E-state index contributed by atoms with van der Waals surface area (Å²) >= 11 is 0. The molecule has 1 amide bonds. The Labute approximate surface area is 131 Å². The quantitative estimate of drug-likeness (QED) is 0.861. The highest BCUT2D eigenvalue weighted by Gasteiger charge is 2.21. The Bertz CT molecular complexity index is 594. The minimum Gasteiger partial charge on any atom is -0.396 e. The average molecular weight is 298 g/mol. The molecule has 0 aromatic heterocycles. The van der Waals surface area contributed by atoms with Crippen LogP contribution < -0.4 is 5.32 Å². The number of hydrogen-bond donors (Lipinski definition) is 2. The number of amides is 1. The van der Waals surface area contributed by atoms with Crippen molar-refractivity contribution in [2.75, 3.05) is 26.0 Å². The minimum atomic E-state index is -0.417. The number of rotatable bonds is 6. The zero-order chi connectivity index (χ0) is 15.9. The van der Waals surface area contributed by atoms with Crippen molar-refractivity contribution in [3.63, 3.8) is 0 Å². The molecule has 4 heteroatoms. The van der Waals surface area contributed by atoms with Gasteiger partial charge in [-0.3, -0.25) is 4.79 Å². The van der Waals surface area contributed by atoms with Crippen LogP contribution in [-0.4, -0.2) is 36.6 Å². The third kappa shape index (κ3) is 4.09. The van der Waals surface area contributed by atoms with Crippen LogP contribution in [0.25, 0.3) is 0 Å². The maximum Gasteiger partial charge on any atom is 0.249 e. The topological polar surface area (TPSA) is 52.6 Å². The molecule has 1 atom stereocenters. The molecule has 0 aliphatic heterocycles. The maximum absolute atomic E-state index is 12.4. The highest BCUT2D eigenvalue weighted by atomic mass is 16.3. The summed E-state index contributed by atoms with van der Waals surface area (Å²) in [6.07, 6.45) is 0.638. The molecule has 116 valence electrons. The van der Waals surface area contributed by atoms with E-state index in [9.17, 15) is 4.79 Å². The van der Waals surface area contributed by atoms with Crippen molar-refractivity contribution in [2.24, 2.45) is 0 Å². The molecule has 0 saturated carbocycles. The van der Waals surface area contributed by atoms with Crippen LogP contribution in [0.1, 0.15) is 17.2 Å². The van der Waals surface area contributed by atoms with Gasteiger partial charge in [-0.2, -0.15) is 0 Å². The van der Waals surface area contributed by atoms with E-state index in [4.69, 9.17) is 5.11 Å². The predicted molar refractivity (Wildman–Crippen MR) is 88.7 cm³/mol. The zero-order valence-corrected chi connectivity index (χ0v) is 13.0. The van der Waals surface area contributed by atoms with E-state index < -0.39 is 6.04 Å². The first-order valence-corrected chi connectivity index (χ1v) is 7.34. The Balaban J connectivity index is 2.21. The van der Waals surface area contributed by atoms with E-state index in [2.05, 4.69) is 5.32 Å². The summed E-state index contributed by atoms with van der Waals surface area (Å²) in [4.78, 5) is 14.0. The number of benzene rings is 2. The molecule has 0 heterocycles. The zero-order valence-electron chi connectivity index (χ0n) is 13.0. The van der Waals surface area contributed by atoms with E-state index in [0.29, 0.717) is 6.42 Å². The van der Waals surface area contributed by atoms with Crippen LogP contribution in [0.4, 0.5) is 5.69 Å². The Morgan fingerprint density at radius 1 is 1.09 bits per heavy atom. The molecule has 0 saturated heterocycles. The number of anilines is 1. The van der Waals surface area contributed by atoms with E-state index in [1.54, 1.807) is 19.0 Å². The van der Waals surface area contributed by atoms with E-state index in [1.807, 2.05) is 54.6 Å². The van der Waals surface area contributed by atoms with Crippen LogP contribution >= 0.6 is 0 Å². The Morgan fingerprint density at radius 3 is 2.27 bits per heavy atom. The second-order valence-corrected chi connectivity index (χ2v) is 5.39. The van der Waals surface area contributed by atoms with Crippen molar-refractivity contribution in [3.05, 3.63) is 65.7 Å². The summed E-state index contributed by atoms with van der Waals surface area (Å²) in [5, 5.41) is 12.2. The molecule has 0 aliphatic rings. The van der Waals surface area contributed by atoms with Crippen LogP contribution in [0.5, 0.6) is 0 Å². The number of likely N-dealkylation sites (N-methyl/N-ethyl adjacent to an activating group) is 1. The van der Waals surface area contributed by atoms with Gasteiger partial charge < -0.3 is 15.3 Å². The summed E-state index contributed by atoms with van der Waals surface area (Å²) in [5.74, 6) is 0.00522. The number of carbonyl (C=O) groups excluding carboxylic acids is 1. The lowest BCUT2D eigenvalue weighted by atomic mass is 10.0. The van der Waals surface area contributed by atoms with Gasteiger partial charge in [0.2, 0.25) is 5.91 Å². The van der Waals surface area contributed by atoms with Crippen LogP contribution in [-0.2, 0) is 11.2 Å². The summed E-state index contributed by atoms with van der Waals surface area (Å²) in [7, 11) is 3.51. The molecule has 1 unspecified atom stereocenters. The van der Waals surface area contributed by atoms with Gasteiger partial charge in [-0.1, -0.05) is 42.5 Å². The van der Waals surface area contributed by atoms with Gasteiger partial charge in [-0.05, 0) is 29.7 Å². The molecular formula is C18H22N2O2. The first-order valence-electron chi connectivity index (χ1n) is 7.34. The van der Waals surface area contributed by atoms with Crippen molar-refractivity contribution in [2.45, 2.75) is 12.5 Å². The van der Waals surface area contributed by atoms with Crippen LogP contribution in [0.15, 0.2) is 54.6 Å². The lowest BCUT2D eigenvalue weighted by molar-refractivity contribution is -0.129. The Hall–Kier alpha value is -2.33. The van der Waals surface area contributed by atoms with Crippen molar-refractivity contribution >= 4 is 11.6 Å². The molecule has 0 aliphatic carbocycles. The van der Waals surface area contributed by atoms with Gasteiger partial charge in [0, 0.05) is 26.4 Å². The van der Waals surface area contributed by atoms with Gasteiger partial charge >= 0.3 is 0 Å². The molecule has 2 rings (SSSR count). The van der Waals surface area contributed by atoms with Gasteiger partial charge in [0.05, 0.1) is 0 Å². The largest absolute Gasteiger partial charge is 0.396 e. The molecule has 2 N–H and O–H groups in total. The highest BCUT2D eigenvalue weighted by Crippen LogP contribution is 2.21. The molecule has 0 fully saturated rings. The standard InChI is InChI=1S/C18H22N2O2/c1-20(2)18(22)17(15-6-4-3-5-7-15)19-16-10-8-14(9-11-16)12-13-21/h3-11,17,19,21H,12-13H2,1-2H3. The van der Waals surface area contributed by atoms with E-state index in [1.165, 1.54) is 0 Å². The number of aliphatic hydroxyl groups is 1. The van der Waals surface area contributed by atoms with Gasteiger partial charge in [0.25, 0.3) is 0 Å². The monoisotopic (exact) mass is 298 g/mol. The third-order valence-corrected chi connectivity index (χ3v) is 3.49. The summed E-state index contributed by atoms with van der Waals surface area (Å²) in [6, 6.07) is 17.0. The molecule has 22 heavy (non-hydrogen) atoms. The van der Waals surface area contributed by atoms with Crippen LogP contribution in [0.2, 0.25) is 0 Å². The second-order valence-electron chi connectivity index (χ2n) is 5.39. The fourth-order valence-corrected chi connectivity index (χ4v) is 2.25. The third-order valence-electron chi connectivity index (χ3n) is 3.49. The lowest BCUT2D eigenvalue weighted by Crippen LogP contribution is -2.32. The van der Waals surface area contributed by atoms with Gasteiger partial charge in [-0.15, -0.1) is 0 Å². The fraction of sp³-hybridized carbons (Fsp3) is 0.278. The number of carbonyl (C=O) groups is 1. The van der Waals surface area contributed by atoms with E-state index in [-0.39, 0.29) is 12.5 Å². The SMILES string of the molecule is CN(C)C(=O)C(Nc1ccc(CCO)cc1)c1ccccc1. The molecule has 0 spiro atoms. The molecule has 2 aromatic rings. The normalized spacial score (nSPS) is 11.8. The molecule has 4 nitrogen and oxygen atoms in total. The van der Waals surface area contributed by atoms with Crippen LogP contribution in [0.3, 0.4) is 0 Å². The summed E-state index contributed by atoms with van der Waals surface area (Å²) in [5.41, 5.74) is 2.88. The van der Waals surface area contributed by atoms with Gasteiger partial charge in [0.15, 0.2) is 0 Å². The molecular weight excluding hydrogens is 276 g/mol. The number of nitrogens with one attached hydrogen (secondary N) is 1. The molecule has 0 radical (unpaired) electrons. The number of hydrogen-bond acceptors (Lipinski definition) is 3. The first kappa shape index (κ1) is 16.0. The first-order chi connectivity index (χ1) is 10.6. The Morgan fingerprint density at radius 2 is 1.73 bits per heavy atom.